The van der Waals surface area contributed by atoms with Gasteiger partial charge in [0.25, 0.3) is 0 Å². The number of rotatable bonds is 3. The molecule has 0 unspecified atom stereocenters. The van der Waals surface area contributed by atoms with Gasteiger partial charge in [0.2, 0.25) is 0 Å². The van der Waals surface area contributed by atoms with E-state index in [0.29, 0.717) is 11.3 Å². The van der Waals surface area contributed by atoms with Crippen molar-refractivity contribution in [3.05, 3.63) is 35.9 Å². The largest absolute Gasteiger partial charge is 0.508 e. The molecular weight excluding hydrogens is 192 g/mol. The van der Waals surface area contributed by atoms with Gasteiger partial charge in [-0.15, -0.1) is 0 Å². The van der Waals surface area contributed by atoms with Gasteiger partial charge in [0.1, 0.15) is 11.5 Å². The molecule has 15 heavy (non-hydrogen) atoms. The predicted octanol–water partition coefficient (Wildman–Crippen LogP) is 2.44. The second-order valence-electron chi connectivity index (χ2n) is 3.31. The Hall–Kier alpha value is -1.77. The topological polar surface area (TPSA) is 46.5 Å². The molecule has 0 atom stereocenters. The van der Waals surface area contributed by atoms with Gasteiger partial charge < -0.3 is 9.84 Å². The van der Waals surface area contributed by atoms with Crippen molar-refractivity contribution < 1.29 is 14.6 Å². The number of hydrogen-bond acceptors (Lipinski definition) is 3. The van der Waals surface area contributed by atoms with Crippen LogP contribution < -0.4 is 4.74 Å². The third kappa shape index (κ3) is 2.84. The Kier molecular flexibility index (Phi) is 3.50. The summed E-state index contributed by atoms with van der Waals surface area (Å²) in [6, 6.07) is 4.81. The van der Waals surface area contributed by atoms with Crippen LogP contribution >= 0.6 is 0 Å². The standard InChI is InChI=1S/C12H14O3/c1-4-9-5-6-10(7-11(9)13)15-12(14)8(2)3/h5-7,13H,2,4H2,1,3H3. The van der Waals surface area contributed by atoms with Gasteiger partial charge in [0.05, 0.1) is 0 Å². The van der Waals surface area contributed by atoms with Crippen molar-refractivity contribution in [1.82, 2.24) is 0 Å². The van der Waals surface area contributed by atoms with Crippen LogP contribution in [0, 0.1) is 0 Å². The molecule has 0 amide bonds. The molecule has 3 heteroatoms. The van der Waals surface area contributed by atoms with Crippen LogP contribution in [0.3, 0.4) is 0 Å². The Morgan fingerprint density at radius 3 is 2.67 bits per heavy atom. The number of ether oxygens (including phenoxy) is 1. The Bertz CT molecular complexity index is 394. The fourth-order valence-corrected chi connectivity index (χ4v) is 1.10. The van der Waals surface area contributed by atoms with E-state index in [1.54, 1.807) is 19.1 Å². The Balaban J connectivity index is 2.84. The zero-order chi connectivity index (χ0) is 11.4. The molecule has 80 valence electrons. The molecule has 0 heterocycles. The average molecular weight is 206 g/mol. The average Bonchev–Trinajstić information content (AvgIpc) is 2.18. The van der Waals surface area contributed by atoms with Crippen LogP contribution in [-0.2, 0) is 11.2 Å². The predicted molar refractivity (Wildman–Crippen MR) is 57.9 cm³/mol. The molecule has 0 aliphatic carbocycles. The molecule has 0 bridgehead atoms. The highest BCUT2D eigenvalue weighted by Gasteiger charge is 2.07. The minimum Gasteiger partial charge on any atom is -0.508 e. The molecule has 0 aliphatic rings. The highest BCUT2D eigenvalue weighted by atomic mass is 16.5. The lowest BCUT2D eigenvalue weighted by Gasteiger charge is -2.06. The summed E-state index contributed by atoms with van der Waals surface area (Å²) < 4.78 is 4.96. The zero-order valence-corrected chi connectivity index (χ0v) is 8.91. The van der Waals surface area contributed by atoms with Crippen molar-refractivity contribution in [2.75, 3.05) is 0 Å². The molecular formula is C12H14O3. The number of benzene rings is 1. The zero-order valence-electron chi connectivity index (χ0n) is 8.91. The van der Waals surface area contributed by atoms with E-state index in [2.05, 4.69) is 6.58 Å². The van der Waals surface area contributed by atoms with Crippen LogP contribution in [0.5, 0.6) is 11.5 Å². The number of aryl methyl sites for hydroxylation is 1. The van der Waals surface area contributed by atoms with Gasteiger partial charge in [-0.1, -0.05) is 19.6 Å². The second kappa shape index (κ2) is 4.64. The molecule has 0 spiro atoms. The number of hydrogen-bond donors (Lipinski definition) is 1. The van der Waals surface area contributed by atoms with Crippen LogP contribution in [0.1, 0.15) is 19.4 Å². The molecule has 1 N–H and O–H groups in total. The van der Waals surface area contributed by atoms with Crippen LogP contribution in [0.15, 0.2) is 30.4 Å². The fraction of sp³-hybridized carbons (Fsp3) is 0.250. The molecule has 0 aromatic heterocycles. The number of carbonyl (C=O) groups is 1. The molecule has 1 aromatic carbocycles. The molecule has 3 nitrogen and oxygen atoms in total. The normalized spacial score (nSPS) is 9.73. The summed E-state index contributed by atoms with van der Waals surface area (Å²) in [6.07, 6.45) is 0.737. The lowest BCUT2D eigenvalue weighted by molar-refractivity contribution is -0.130. The molecule has 0 radical (unpaired) electrons. The van der Waals surface area contributed by atoms with E-state index >= 15 is 0 Å². The summed E-state index contributed by atoms with van der Waals surface area (Å²) in [7, 11) is 0. The van der Waals surface area contributed by atoms with E-state index in [-0.39, 0.29) is 5.75 Å². The lowest BCUT2D eigenvalue weighted by atomic mass is 10.1. The number of carbonyl (C=O) groups excluding carboxylic acids is 1. The molecule has 1 aromatic rings. The van der Waals surface area contributed by atoms with E-state index in [1.165, 1.54) is 6.07 Å². The van der Waals surface area contributed by atoms with Gasteiger partial charge >= 0.3 is 5.97 Å². The highest BCUT2D eigenvalue weighted by molar-refractivity contribution is 5.88. The lowest BCUT2D eigenvalue weighted by Crippen LogP contribution is -2.08. The summed E-state index contributed by atoms with van der Waals surface area (Å²) in [4.78, 5) is 11.2. The first-order valence-electron chi connectivity index (χ1n) is 4.74. The molecule has 1 rings (SSSR count). The van der Waals surface area contributed by atoms with Gasteiger partial charge in [0.15, 0.2) is 0 Å². The highest BCUT2D eigenvalue weighted by Crippen LogP contribution is 2.24. The van der Waals surface area contributed by atoms with E-state index in [0.717, 1.165) is 12.0 Å². The first kappa shape index (κ1) is 11.3. The van der Waals surface area contributed by atoms with E-state index in [9.17, 15) is 9.90 Å². The van der Waals surface area contributed by atoms with Gasteiger partial charge in [-0.3, -0.25) is 0 Å². The first-order valence-corrected chi connectivity index (χ1v) is 4.74. The third-order valence-corrected chi connectivity index (χ3v) is 2.00. The van der Waals surface area contributed by atoms with Gasteiger partial charge in [0, 0.05) is 11.6 Å². The summed E-state index contributed by atoms with van der Waals surface area (Å²) >= 11 is 0. The van der Waals surface area contributed by atoms with E-state index in [1.807, 2.05) is 6.92 Å². The summed E-state index contributed by atoms with van der Waals surface area (Å²) in [6.45, 7) is 6.98. The number of esters is 1. The van der Waals surface area contributed by atoms with Crippen LogP contribution in [0.25, 0.3) is 0 Å². The van der Waals surface area contributed by atoms with Crippen molar-refractivity contribution in [2.45, 2.75) is 20.3 Å². The maximum Gasteiger partial charge on any atom is 0.338 e. The minimum absolute atomic E-state index is 0.143. The maximum atomic E-state index is 11.2. The minimum atomic E-state index is -0.487. The molecule has 0 saturated carbocycles. The van der Waals surface area contributed by atoms with Crippen molar-refractivity contribution >= 4 is 5.97 Å². The number of phenols is 1. The van der Waals surface area contributed by atoms with Crippen molar-refractivity contribution in [1.29, 1.82) is 0 Å². The van der Waals surface area contributed by atoms with Gasteiger partial charge in [-0.05, 0) is 25.0 Å². The number of aromatic hydroxyl groups is 1. The van der Waals surface area contributed by atoms with E-state index in [4.69, 9.17) is 4.74 Å². The smallest absolute Gasteiger partial charge is 0.338 e. The van der Waals surface area contributed by atoms with Crippen molar-refractivity contribution in [3.8, 4) is 11.5 Å². The SMILES string of the molecule is C=C(C)C(=O)Oc1ccc(CC)c(O)c1. The Labute approximate surface area is 89.0 Å². The van der Waals surface area contributed by atoms with Crippen LogP contribution in [0.2, 0.25) is 0 Å². The fourth-order valence-electron chi connectivity index (χ4n) is 1.10. The quantitative estimate of drug-likeness (QED) is 0.469. The summed E-state index contributed by atoms with van der Waals surface area (Å²) in [5.74, 6) is -0.0131. The number of phenolic OH excluding ortho intramolecular Hbond substituents is 1. The molecule has 0 aliphatic heterocycles. The molecule has 0 saturated heterocycles. The van der Waals surface area contributed by atoms with E-state index < -0.39 is 5.97 Å². The third-order valence-electron chi connectivity index (χ3n) is 2.00. The van der Waals surface area contributed by atoms with Gasteiger partial charge in [-0.2, -0.15) is 0 Å². The van der Waals surface area contributed by atoms with Crippen molar-refractivity contribution in [3.63, 3.8) is 0 Å². The summed E-state index contributed by atoms with van der Waals surface area (Å²) in [5.41, 5.74) is 1.15. The Morgan fingerprint density at radius 1 is 1.53 bits per heavy atom. The second-order valence-corrected chi connectivity index (χ2v) is 3.31. The molecule has 0 fully saturated rings. The van der Waals surface area contributed by atoms with Crippen LogP contribution in [-0.4, -0.2) is 11.1 Å². The monoisotopic (exact) mass is 206 g/mol. The Morgan fingerprint density at radius 2 is 2.20 bits per heavy atom. The maximum absolute atomic E-state index is 11.2. The van der Waals surface area contributed by atoms with Gasteiger partial charge in [-0.25, -0.2) is 4.79 Å². The summed E-state index contributed by atoms with van der Waals surface area (Å²) in [5, 5.41) is 9.53. The first-order chi connectivity index (χ1) is 7.04. The van der Waals surface area contributed by atoms with Crippen molar-refractivity contribution in [2.24, 2.45) is 0 Å². The van der Waals surface area contributed by atoms with Crippen LogP contribution in [0.4, 0.5) is 0 Å².